The van der Waals surface area contributed by atoms with Crippen LogP contribution < -0.4 is 5.32 Å². The van der Waals surface area contributed by atoms with E-state index in [4.69, 9.17) is 9.47 Å². The van der Waals surface area contributed by atoms with Crippen molar-refractivity contribution in [1.82, 2.24) is 15.1 Å². The lowest BCUT2D eigenvalue weighted by atomic mass is 10.3. The molecular formula is C13H25N3O2. The van der Waals surface area contributed by atoms with E-state index >= 15 is 0 Å². The minimum Gasteiger partial charge on any atom is -0.382 e. The predicted molar refractivity (Wildman–Crippen MR) is 71.6 cm³/mol. The lowest BCUT2D eigenvalue weighted by molar-refractivity contribution is 0.0694. The maximum Gasteiger partial charge on any atom is 0.0700 e. The van der Waals surface area contributed by atoms with Crippen LogP contribution >= 0.6 is 0 Å². The molecule has 0 radical (unpaired) electrons. The van der Waals surface area contributed by atoms with Gasteiger partial charge in [-0.05, 0) is 25.5 Å². The molecule has 0 fully saturated rings. The van der Waals surface area contributed by atoms with Crippen LogP contribution in [0, 0.1) is 0 Å². The Morgan fingerprint density at radius 1 is 1.33 bits per heavy atom. The van der Waals surface area contributed by atoms with Crippen molar-refractivity contribution in [3.8, 4) is 0 Å². The normalized spacial score (nSPS) is 11.1. The fraction of sp³-hybridized carbons (Fsp3) is 0.769. The second-order valence-electron chi connectivity index (χ2n) is 4.24. The fourth-order valence-electron chi connectivity index (χ4n) is 1.67. The van der Waals surface area contributed by atoms with Crippen LogP contribution in [-0.4, -0.2) is 43.3 Å². The third-order valence-electron chi connectivity index (χ3n) is 2.77. The second kappa shape index (κ2) is 9.08. The molecular weight excluding hydrogens is 230 g/mol. The van der Waals surface area contributed by atoms with Crippen molar-refractivity contribution < 1.29 is 9.47 Å². The lowest BCUT2D eigenvalue weighted by Crippen LogP contribution is -2.18. The highest BCUT2D eigenvalue weighted by Gasteiger charge is 2.02. The molecule has 0 aliphatic carbocycles. The average Bonchev–Trinajstić information content (AvgIpc) is 2.73. The summed E-state index contributed by atoms with van der Waals surface area (Å²) in [5.74, 6) is 0. The summed E-state index contributed by atoms with van der Waals surface area (Å²) in [7, 11) is 3.67. The van der Waals surface area contributed by atoms with Gasteiger partial charge in [-0.25, -0.2) is 0 Å². The number of hydrogen-bond donors (Lipinski definition) is 1. The molecule has 5 nitrogen and oxygen atoms in total. The number of nitrogens with zero attached hydrogens (tertiary/aromatic N) is 2. The SMILES string of the molecule is CCc1cc(CNCCCOCCOC)n(C)n1. The monoisotopic (exact) mass is 255 g/mol. The summed E-state index contributed by atoms with van der Waals surface area (Å²) in [5, 5.41) is 7.81. The minimum absolute atomic E-state index is 0.669. The molecule has 0 spiro atoms. The predicted octanol–water partition coefficient (Wildman–Crippen LogP) is 1.13. The van der Waals surface area contributed by atoms with Gasteiger partial charge in [0.25, 0.3) is 0 Å². The first-order chi connectivity index (χ1) is 8.77. The number of nitrogens with one attached hydrogen (secondary N) is 1. The Kier molecular flexibility index (Phi) is 7.64. The summed E-state index contributed by atoms with van der Waals surface area (Å²) in [6, 6.07) is 2.15. The van der Waals surface area contributed by atoms with Gasteiger partial charge in [-0.15, -0.1) is 0 Å². The number of ether oxygens (including phenoxy) is 2. The molecule has 104 valence electrons. The van der Waals surface area contributed by atoms with Gasteiger partial charge in [-0.1, -0.05) is 6.92 Å². The number of rotatable bonds is 10. The van der Waals surface area contributed by atoms with E-state index in [1.165, 1.54) is 5.69 Å². The maximum absolute atomic E-state index is 5.39. The molecule has 1 rings (SSSR count). The largest absolute Gasteiger partial charge is 0.382 e. The van der Waals surface area contributed by atoms with Crippen LogP contribution in [0.4, 0.5) is 0 Å². The molecule has 1 N–H and O–H groups in total. The van der Waals surface area contributed by atoms with Crippen molar-refractivity contribution in [3.63, 3.8) is 0 Å². The summed E-state index contributed by atoms with van der Waals surface area (Å²) in [6.07, 6.45) is 2.00. The molecule has 0 saturated carbocycles. The van der Waals surface area contributed by atoms with Crippen LogP contribution in [0.5, 0.6) is 0 Å². The van der Waals surface area contributed by atoms with E-state index in [0.717, 1.165) is 38.2 Å². The van der Waals surface area contributed by atoms with E-state index in [1.54, 1.807) is 7.11 Å². The molecule has 0 amide bonds. The van der Waals surface area contributed by atoms with Gasteiger partial charge in [0.15, 0.2) is 0 Å². The molecule has 0 aliphatic heterocycles. The standard InChI is InChI=1S/C13H25N3O2/c1-4-12-10-13(16(2)15-12)11-14-6-5-7-18-9-8-17-3/h10,14H,4-9,11H2,1-3H3. The van der Waals surface area contributed by atoms with Crippen molar-refractivity contribution in [2.24, 2.45) is 7.05 Å². The Bertz CT molecular complexity index is 326. The Balaban J connectivity index is 2.05. The quantitative estimate of drug-likeness (QED) is 0.637. The van der Waals surface area contributed by atoms with E-state index in [1.807, 2.05) is 11.7 Å². The van der Waals surface area contributed by atoms with Crippen LogP contribution in [0.15, 0.2) is 6.07 Å². The van der Waals surface area contributed by atoms with E-state index in [2.05, 4.69) is 23.4 Å². The molecule has 0 bridgehead atoms. The summed E-state index contributed by atoms with van der Waals surface area (Å²) < 4.78 is 12.2. The van der Waals surface area contributed by atoms with Crippen molar-refractivity contribution in [2.45, 2.75) is 26.3 Å². The first-order valence-corrected chi connectivity index (χ1v) is 6.57. The van der Waals surface area contributed by atoms with Crippen LogP contribution in [0.1, 0.15) is 24.7 Å². The van der Waals surface area contributed by atoms with Crippen LogP contribution in [0.3, 0.4) is 0 Å². The second-order valence-corrected chi connectivity index (χ2v) is 4.24. The van der Waals surface area contributed by atoms with E-state index in [9.17, 15) is 0 Å². The molecule has 0 saturated heterocycles. The Morgan fingerprint density at radius 2 is 2.17 bits per heavy atom. The molecule has 18 heavy (non-hydrogen) atoms. The third kappa shape index (κ3) is 5.62. The van der Waals surface area contributed by atoms with Gasteiger partial charge < -0.3 is 14.8 Å². The fourth-order valence-corrected chi connectivity index (χ4v) is 1.67. The van der Waals surface area contributed by atoms with Gasteiger partial charge in [0, 0.05) is 27.3 Å². The van der Waals surface area contributed by atoms with Crippen LogP contribution in [0.25, 0.3) is 0 Å². The van der Waals surface area contributed by atoms with Crippen molar-refractivity contribution in [1.29, 1.82) is 0 Å². The molecule has 5 heteroatoms. The van der Waals surface area contributed by atoms with Crippen molar-refractivity contribution >= 4 is 0 Å². The molecule has 1 heterocycles. The zero-order chi connectivity index (χ0) is 13.2. The van der Waals surface area contributed by atoms with Crippen LogP contribution in [-0.2, 0) is 29.5 Å². The topological polar surface area (TPSA) is 48.3 Å². The highest BCUT2D eigenvalue weighted by Crippen LogP contribution is 2.03. The van der Waals surface area contributed by atoms with Gasteiger partial charge >= 0.3 is 0 Å². The number of methoxy groups -OCH3 is 1. The van der Waals surface area contributed by atoms with Gasteiger partial charge in [0.05, 0.1) is 24.6 Å². The highest BCUT2D eigenvalue weighted by atomic mass is 16.5. The molecule has 1 aromatic rings. The van der Waals surface area contributed by atoms with E-state index in [0.29, 0.717) is 13.2 Å². The zero-order valence-electron chi connectivity index (χ0n) is 11.7. The minimum atomic E-state index is 0.669. The van der Waals surface area contributed by atoms with Crippen LogP contribution in [0.2, 0.25) is 0 Å². The lowest BCUT2D eigenvalue weighted by Gasteiger charge is -2.06. The molecule has 0 aromatic carbocycles. The van der Waals surface area contributed by atoms with Crippen molar-refractivity contribution in [2.75, 3.05) is 33.5 Å². The van der Waals surface area contributed by atoms with Crippen molar-refractivity contribution in [3.05, 3.63) is 17.5 Å². The Labute approximate surface area is 109 Å². The van der Waals surface area contributed by atoms with E-state index < -0.39 is 0 Å². The number of aryl methyl sites for hydroxylation is 2. The van der Waals surface area contributed by atoms with E-state index in [-0.39, 0.29) is 0 Å². The maximum atomic E-state index is 5.39. The zero-order valence-corrected chi connectivity index (χ0v) is 11.7. The highest BCUT2D eigenvalue weighted by molar-refractivity contribution is 5.09. The molecule has 0 unspecified atom stereocenters. The Hall–Kier alpha value is -0.910. The summed E-state index contributed by atoms with van der Waals surface area (Å²) >= 11 is 0. The summed E-state index contributed by atoms with van der Waals surface area (Å²) in [6.45, 7) is 6.07. The first-order valence-electron chi connectivity index (χ1n) is 6.57. The smallest absolute Gasteiger partial charge is 0.0700 e. The molecule has 0 aliphatic rings. The summed E-state index contributed by atoms with van der Waals surface area (Å²) in [5.41, 5.74) is 2.38. The first kappa shape index (κ1) is 15.1. The Morgan fingerprint density at radius 3 is 2.83 bits per heavy atom. The summed E-state index contributed by atoms with van der Waals surface area (Å²) in [4.78, 5) is 0. The molecule has 1 aromatic heterocycles. The van der Waals surface area contributed by atoms with Gasteiger partial charge in [0.2, 0.25) is 0 Å². The third-order valence-corrected chi connectivity index (χ3v) is 2.77. The van der Waals surface area contributed by atoms with Gasteiger partial charge in [-0.3, -0.25) is 4.68 Å². The van der Waals surface area contributed by atoms with Gasteiger partial charge in [0.1, 0.15) is 0 Å². The average molecular weight is 255 g/mol. The number of aromatic nitrogens is 2. The molecule has 0 atom stereocenters. The van der Waals surface area contributed by atoms with Gasteiger partial charge in [-0.2, -0.15) is 5.10 Å². The number of hydrogen-bond acceptors (Lipinski definition) is 4.